The molecule has 0 saturated carbocycles. The Morgan fingerprint density at radius 2 is 2.05 bits per heavy atom. The summed E-state index contributed by atoms with van der Waals surface area (Å²) in [6, 6.07) is 1.77. The quantitative estimate of drug-likeness (QED) is 0.899. The predicted octanol–water partition coefficient (Wildman–Crippen LogP) is 2.16. The molecular formula is C14H17N3O4. The summed E-state index contributed by atoms with van der Waals surface area (Å²) < 4.78 is 6.61. The average Bonchev–Trinajstić information content (AvgIpc) is 2.96. The summed E-state index contributed by atoms with van der Waals surface area (Å²) in [5.41, 5.74) is -0.0498. The van der Waals surface area contributed by atoms with Crippen LogP contribution in [0.3, 0.4) is 0 Å². The first-order valence-electron chi connectivity index (χ1n) is 6.38. The Labute approximate surface area is 121 Å². The van der Waals surface area contributed by atoms with Crippen LogP contribution in [0.2, 0.25) is 0 Å². The third-order valence-electron chi connectivity index (χ3n) is 3.18. The summed E-state index contributed by atoms with van der Waals surface area (Å²) in [6.07, 6.45) is 2.87. The van der Waals surface area contributed by atoms with E-state index in [1.165, 1.54) is 30.9 Å². The van der Waals surface area contributed by atoms with Crippen LogP contribution in [0, 0.1) is 13.8 Å². The molecule has 0 unspecified atom stereocenters. The van der Waals surface area contributed by atoms with Crippen molar-refractivity contribution in [2.75, 3.05) is 5.32 Å². The Morgan fingerprint density at radius 3 is 2.57 bits per heavy atom. The minimum Gasteiger partial charge on any atom is -0.479 e. The lowest BCUT2D eigenvalue weighted by Crippen LogP contribution is -2.35. The number of aromatic nitrogens is 2. The maximum Gasteiger partial charge on any atom is 0.331 e. The molecule has 0 aliphatic carbocycles. The molecule has 0 atom stereocenters. The number of aryl methyl sites for hydroxylation is 2. The fourth-order valence-corrected chi connectivity index (χ4v) is 1.85. The van der Waals surface area contributed by atoms with Crippen LogP contribution in [0.5, 0.6) is 0 Å². The van der Waals surface area contributed by atoms with E-state index in [1.54, 1.807) is 19.9 Å². The van der Waals surface area contributed by atoms with E-state index in [-0.39, 0.29) is 5.76 Å². The molecule has 0 saturated heterocycles. The van der Waals surface area contributed by atoms with Crippen molar-refractivity contribution in [3.63, 3.8) is 0 Å². The van der Waals surface area contributed by atoms with Crippen molar-refractivity contribution in [2.24, 2.45) is 0 Å². The van der Waals surface area contributed by atoms with E-state index >= 15 is 0 Å². The van der Waals surface area contributed by atoms with Crippen molar-refractivity contribution in [3.05, 3.63) is 35.5 Å². The van der Waals surface area contributed by atoms with Gasteiger partial charge in [-0.3, -0.25) is 9.48 Å². The van der Waals surface area contributed by atoms with Crippen molar-refractivity contribution in [1.82, 2.24) is 9.78 Å². The lowest BCUT2D eigenvalue weighted by molar-refractivity contribution is -0.146. The van der Waals surface area contributed by atoms with Gasteiger partial charge >= 0.3 is 5.97 Å². The molecule has 21 heavy (non-hydrogen) atoms. The van der Waals surface area contributed by atoms with Crippen LogP contribution in [-0.2, 0) is 10.3 Å². The normalized spacial score (nSPS) is 11.4. The summed E-state index contributed by atoms with van der Waals surface area (Å²) in [4.78, 5) is 23.2. The number of amides is 1. The molecule has 7 nitrogen and oxygen atoms in total. The first kappa shape index (κ1) is 14.8. The molecule has 2 aromatic rings. The van der Waals surface area contributed by atoms with E-state index in [1.807, 2.05) is 0 Å². The van der Waals surface area contributed by atoms with Crippen molar-refractivity contribution in [3.8, 4) is 0 Å². The topological polar surface area (TPSA) is 97.4 Å². The number of carbonyl (C=O) groups is 2. The molecule has 0 radical (unpaired) electrons. The highest BCUT2D eigenvalue weighted by Crippen LogP contribution is 2.19. The second kappa shape index (κ2) is 5.08. The summed E-state index contributed by atoms with van der Waals surface area (Å²) >= 11 is 0. The van der Waals surface area contributed by atoms with Gasteiger partial charge in [0.25, 0.3) is 5.91 Å². The summed E-state index contributed by atoms with van der Waals surface area (Å²) in [7, 11) is 0. The molecule has 0 spiro atoms. The van der Waals surface area contributed by atoms with E-state index in [0.717, 1.165) is 5.56 Å². The van der Waals surface area contributed by atoms with Crippen LogP contribution < -0.4 is 5.32 Å². The highest BCUT2D eigenvalue weighted by atomic mass is 16.4. The van der Waals surface area contributed by atoms with Gasteiger partial charge < -0.3 is 14.8 Å². The zero-order valence-electron chi connectivity index (χ0n) is 12.3. The number of carboxylic acid groups (broad SMARTS) is 1. The maximum absolute atomic E-state index is 12.1. The zero-order chi connectivity index (χ0) is 15.8. The molecule has 7 heteroatoms. The molecular weight excluding hydrogens is 274 g/mol. The van der Waals surface area contributed by atoms with Gasteiger partial charge in [-0.2, -0.15) is 5.10 Å². The third kappa shape index (κ3) is 2.81. The van der Waals surface area contributed by atoms with Crippen molar-refractivity contribution >= 4 is 17.6 Å². The Balaban J connectivity index is 2.18. The zero-order valence-corrected chi connectivity index (χ0v) is 12.3. The lowest BCUT2D eigenvalue weighted by atomic mass is 10.1. The van der Waals surface area contributed by atoms with Crippen molar-refractivity contribution in [2.45, 2.75) is 33.2 Å². The molecule has 0 bridgehead atoms. The number of nitrogens with zero attached hydrogens (tertiary/aromatic N) is 2. The van der Waals surface area contributed by atoms with Crippen LogP contribution in [0.4, 0.5) is 5.69 Å². The highest BCUT2D eigenvalue weighted by molar-refractivity contribution is 6.03. The highest BCUT2D eigenvalue weighted by Gasteiger charge is 2.30. The van der Waals surface area contributed by atoms with Gasteiger partial charge in [0.1, 0.15) is 5.76 Å². The fourth-order valence-electron chi connectivity index (χ4n) is 1.85. The van der Waals surface area contributed by atoms with E-state index in [2.05, 4.69) is 10.4 Å². The predicted molar refractivity (Wildman–Crippen MR) is 75.3 cm³/mol. The SMILES string of the molecule is Cc1cc(C)c(C(=O)Nc2cnn(C(C)(C)C(=O)O)c2)o1. The number of furan rings is 1. The van der Waals surface area contributed by atoms with Crippen LogP contribution in [0.15, 0.2) is 22.9 Å². The molecule has 112 valence electrons. The summed E-state index contributed by atoms with van der Waals surface area (Å²) in [6.45, 7) is 6.58. The fraction of sp³-hybridized carbons (Fsp3) is 0.357. The monoisotopic (exact) mass is 291 g/mol. The molecule has 0 aliphatic heterocycles. The molecule has 2 N–H and O–H groups in total. The minimum atomic E-state index is -1.19. The molecule has 0 aromatic carbocycles. The van der Waals surface area contributed by atoms with Gasteiger partial charge in [0.15, 0.2) is 11.3 Å². The van der Waals surface area contributed by atoms with Crippen LogP contribution >= 0.6 is 0 Å². The molecule has 2 heterocycles. The Hall–Kier alpha value is -2.57. The van der Waals surface area contributed by atoms with Gasteiger partial charge in [0.2, 0.25) is 0 Å². The number of aliphatic carboxylic acids is 1. The second-order valence-electron chi connectivity index (χ2n) is 5.36. The molecule has 0 fully saturated rings. The van der Waals surface area contributed by atoms with Gasteiger partial charge in [0, 0.05) is 11.8 Å². The molecule has 2 rings (SSSR count). The first-order chi connectivity index (χ1) is 9.71. The number of hydrogen-bond donors (Lipinski definition) is 2. The van der Waals surface area contributed by atoms with E-state index in [0.29, 0.717) is 11.4 Å². The summed E-state index contributed by atoms with van der Waals surface area (Å²) in [5, 5.41) is 15.7. The smallest absolute Gasteiger partial charge is 0.331 e. The Morgan fingerprint density at radius 1 is 1.38 bits per heavy atom. The van der Waals surface area contributed by atoms with Crippen LogP contribution in [-0.4, -0.2) is 26.8 Å². The van der Waals surface area contributed by atoms with E-state index in [4.69, 9.17) is 9.52 Å². The minimum absolute atomic E-state index is 0.234. The standard InChI is InChI=1S/C14H17N3O4/c1-8-5-9(2)21-11(8)12(18)16-10-6-15-17(7-10)14(3,4)13(19)20/h5-7H,1-4H3,(H,16,18)(H,19,20). The number of nitrogens with one attached hydrogen (secondary N) is 1. The Bertz CT molecular complexity index is 697. The molecule has 1 amide bonds. The number of anilines is 1. The van der Waals surface area contributed by atoms with Gasteiger partial charge in [0.05, 0.1) is 11.9 Å². The Kier molecular flexibility index (Phi) is 3.59. The van der Waals surface area contributed by atoms with Crippen LogP contribution in [0.25, 0.3) is 0 Å². The lowest BCUT2D eigenvalue weighted by Gasteiger charge is -2.19. The third-order valence-corrected chi connectivity index (χ3v) is 3.18. The first-order valence-corrected chi connectivity index (χ1v) is 6.38. The number of rotatable bonds is 4. The summed E-state index contributed by atoms with van der Waals surface area (Å²) in [5.74, 6) is -0.521. The molecule has 0 aliphatic rings. The van der Waals surface area contributed by atoms with E-state index in [9.17, 15) is 9.59 Å². The van der Waals surface area contributed by atoms with Crippen LogP contribution in [0.1, 0.15) is 35.7 Å². The average molecular weight is 291 g/mol. The van der Waals surface area contributed by atoms with E-state index < -0.39 is 17.4 Å². The van der Waals surface area contributed by atoms with Gasteiger partial charge in [-0.25, -0.2) is 4.79 Å². The molecule has 2 aromatic heterocycles. The maximum atomic E-state index is 12.1. The second-order valence-corrected chi connectivity index (χ2v) is 5.36. The van der Waals surface area contributed by atoms with Crippen molar-refractivity contribution in [1.29, 1.82) is 0 Å². The number of hydrogen-bond acceptors (Lipinski definition) is 4. The number of carboxylic acids is 1. The largest absolute Gasteiger partial charge is 0.479 e. The number of carbonyl (C=O) groups excluding carboxylic acids is 1. The van der Waals surface area contributed by atoms with Gasteiger partial charge in [-0.1, -0.05) is 0 Å². The van der Waals surface area contributed by atoms with Gasteiger partial charge in [-0.15, -0.1) is 0 Å². The van der Waals surface area contributed by atoms with Crippen molar-refractivity contribution < 1.29 is 19.1 Å². The van der Waals surface area contributed by atoms with Gasteiger partial charge in [-0.05, 0) is 33.8 Å².